The van der Waals surface area contributed by atoms with E-state index in [1.54, 1.807) is 18.3 Å². The number of rotatable bonds is 4. The molecule has 0 aliphatic rings. The summed E-state index contributed by atoms with van der Waals surface area (Å²) < 4.78 is 5.74. The maximum absolute atomic E-state index is 9.06. The van der Waals surface area contributed by atoms with Crippen molar-refractivity contribution in [3.05, 3.63) is 72.2 Å². The Morgan fingerprint density at radius 2 is 1.67 bits per heavy atom. The molecule has 3 rings (SSSR count). The van der Waals surface area contributed by atoms with Crippen LogP contribution < -0.4 is 5.46 Å². The molecule has 2 aromatic carbocycles. The van der Waals surface area contributed by atoms with Gasteiger partial charge in [0.05, 0.1) is 6.20 Å². The molecule has 0 radical (unpaired) electrons. The number of aromatic nitrogens is 1. The molecule has 0 amide bonds. The van der Waals surface area contributed by atoms with E-state index in [9.17, 15) is 0 Å². The van der Waals surface area contributed by atoms with E-state index in [-0.39, 0.29) is 0 Å². The van der Waals surface area contributed by atoms with Crippen molar-refractivity contribution in [1.82, 2.24) is 4.98 Å². The predicted molar refractivity (Wildman–Crippen MR) is 81.0 cm³/mol. The molecular formula is C16H14BNO3. The summed E-state index contributed by atoms with van der Waals surface area (Å²) in [5.74, 6) is 1.37. The van der Waals surface area contributed by atoms with E-state index in [1.807, 2.05) is 42.5 Å². The highest BCUT2D eigenvalue weighted by atomic mass is 16.4. The van der Waals surface area contributed by atoms with E-state index >= 15 is 0 Å². The minimum Gasteiger partial charge on any atom is -0.440 e. The third kappa shape index (κ3) is 3.21. The fourth-order valence-corrected chi connectivity index (χ4v) is 2.11. The molecule has 21 heavy (non-hydrogen) atoms. The van der Waals surface area contributed by atoms with Gasteiger partial charge in [0, 0.05) is 12.0 Å². The van der Waals surface area contributed by atoms with Gasteiger partial charge < -0.3 is 14.5 Å². The first-order valence-corrected chi connectivity index (χ1v) is 6.67. The van der Waals surface area contributed by atoms with E-state index < -0.39 is 7.12 Å². The lowest BCUT2D eigenvalue weighted by atomic mass is 9.80. The van der Waals surface area contributed by atoms with Crippen LogP contribution in [0.2, 0.25) is 0 Å². The highest BCUT2D eigenvalue weighted by Crippen LogP contribution is 2.20. The van der Waals surface area contributed by atoms with Gasteiger partial charge >= 0.3 is 7.12 Å². The van der Waals surface area contributed by atoms with Crippen LogP contribution in [0.25, 0.3) is 11.3 Å². The molecule has 0 saturated heterocycles. The van der Waals surface area contributed by atoms with E-state index in [0.29, 0.717) is 17.8 Å². The van der Waals surface area contributed by atoms with Crippen molar-refractivity contribution in [2.75, 3.05) is 0 Å². The van der Waals surface area contributed by atoms with Gasteiger partial charge in [0.2, 0.25) is 0 Å². The summed E-state index contributed by atoms with van der Waals surface area (Å²) in [6, 6.07) is 16.8. The van der Waals surface area contributed by atoms with Crippen LogP contribution in [0.15, 0.2) is 65.2 Å². The largest absolute Gasteiger partial charge is 0.488 e. The van der Waals surface area contributed by atoms with Gasteiger partial charge in [-0.1, -0.05) is 54.6 Å². The summed E-state index contributed by atoms with van der Waals surface area (Å²) in [5, 5.41) is 18.1. The van der Waals surface area contributed by atoms with Crippen LogP contribution in [-0.4, -0.2) is 22.2 Å². The predicted octanol–water partition coefficient (Wildman–Crippen LogP) is 1.61. The van der Waals surface area contributed by atoms with Crippen molar-refractivity contribution < 1.29 is 14.5 Å². The second-order valence-corrected chi connectivity index (χ2v) is 4.78. The average molecular weight is 279 g/mol. The minimum absolute atomic E-state index is 0.469. The maximum Gasteiger partial charge on any atom is 0.488 e. The summed E-state index contributed by atoms with van der Waals surface area (Å²) in [6.45, 7) is 0. The quantitative estimate of drug-likeness (QED) is 0.712. The van der Waals surface area contributed by atoms with Crippen LogP contribution in [0.1, 0.15) is 11.5 Å². The molecule has 0 spiro atoms. The number of oxazole rings is 1. The highest BCUT2D eigenvalue weighted by molar-refractivity contribution is 6.58. The van der Waals surface area contributed by atoms with E-state index in [0.717, 1.165) is 16.9 Å². The van der Waals surface area contributed by atoms with Gasteiger partial charge in [0.15, 0.2) is 11.7 Å². The van der Waals surface area contributed by atoms with Gasteiger partial charge in [-0.2, -0.15) is 0 Å². The molecule has 4 nitrogen and oxygen atoms in total. The Morgan fingerprint density at radius 1 is 0.952 bits per heavy atom. The molecule has 0 fully saturated rings. The summed E-state index contributed by atoms with van der Waals surface area (Å²) in [5.41, 5.74) is 2.46. The van der Waals surface area contributed by atoms with Crippen LogP contribution in [0, 0.1) is 0 Å². The lowest BCUT2D eigenvalue weighted by Crippen LogP contribution is -2.29. The number of hydrogen-bond donors (Lipinski definition) is 2. The van der Waals surface area contributed by atoms with Crippen LogP contribution in [0.5, 0.6) is 0 Å². The number of hydrogen-bond acceptors (Lipinski definition) is 4. The zero-order valence-corrected chi connectivity index (χ0v) is 11.3. The smallest absolute Gasteiger partial charge is 0.440 e. The highest BCUT2D eigenvalue weighted by Gasteiger charge is 2.11. The van der Waals surface area contributed by atoms with Crippen LogP contribution in [-0.2, 0) is 6.42 Å². The fourth-order valence-electron chi connectivity index (χ4n) is 2.11. The molecule has 1 aromatic heterocycles. The SMILES string of the molecule is OB(O)c1ccc(Cc2ncc(-c3ccccc3)o2)cc1. The zero-order chi connectivity index (χ0) is 14.7. The fraction of sp³-hybridized carbons (Fsp3) is 0.0625. The lowest BCUT2D eigenvalue weighted by molar-refractivity contribution is 0.426. The van der Waals surface area contributed by atoms with Crippen molar-refractivity contribution in [3.8, 4) is 11.3 Å². The molecule has 1 heterocycles. The Kier molecular flexibility index (Phi) is 3.86. The van der Waals surface area contributed by atoms with Crippen molar-refractivity contribution in [3.63, 3.8) is 0 Å². The van der Waals surface area contributed by atoms with Crippen molar-refractivity contribution in [1.29, 1.82) is 0 Å². The van der Waals surface area contributed by atoms with Gasteiger partial charge in [-0.25, -0.2) is 4.98 Å². The second kappa shape index (κ2) is 5.95. The van der Waals surface area contributed by atoms with E-state index in [4.69, 9.17) is 14.5 Å². The molecule has 0 bridgehead atoms. The topological polar surface area (TPSA) is 66.5 Å². The Balaban J connectivity index is 1.75. The average Bonchev–Trinajstić information content (AvgIpc) is 2.97. The molecular weight excluding hydrogens is 265 g/mol. The van der Waals surface area contributed by atoms with Crippen molar-refractivity contribution >= 4 is 12.6 Å². The molecule has 104 valence electrons. The van der Waals surface area contributed by atoms with Crippen LogP contribution in [0.4, 0.5) is 0 Å². The second-order valence-electron chi connectivity index (χ2n) is 4.78. The minimum atomic E-state index is -1.44. The first kappa shape index (κ1) is 13.6. The normalized spacial score (nSPS) is 10.6. The van der Waals surface area contributed by atoms with Crippen molar-refractivity contribution in [2.45, 2.75) is 6.42 Å². The van der Waals surface area contributed by atoms with Crippen LogP contribution in [0.3, 0.4) is 0 Å². The first-order valence-electron chi connectivity index (χ1n) is 6.67. The molecule has 0 aliphatic carbocycles. The Bertz CT molecular complexity index is 708. The molecule has 0 atom stereocenters. The van der Waals surface area contributed by atoms with Gasteiger partial charge in [0.1, 0.15) is 0 Å². The Morgan fingerprint density at radius 3 is 2.33 bits per heavy atom. The molecule has 0 unspecified atom stereocenters. The van der Waals surface area contributed by atoms with E-state index in [2.05, 4.69) is 4.98 Å². The Labute approximate surface area is 122 Å². The van der Waals surface area contributed by atoms with Crippen molar-refractivity contribution in [2.24, 2.45) is 0 Å². The zero-order valence-electron chi connectivity index (χ0n) is 11.3. The number of benzene rings is 2. The first-order chi connectivity index (χ1) is 10.2. The van der Waals surface area contributed by atoms with Gasteiger partial charge in [0.25, 0.3) is 0 Å². The summed E-state index contributed by atoms with van der Waals surface area (Å²) >= 11 is 0. The molecule has 0 aliphatic heterocycles. The van der Waals surface area contributed by atoms with Gasteiger partial charge in [-0.05, 0) is 11.0 Å². The number of nitrogens with zero attached hydrogens (tertiary/aromatic N) is 1. The third-order valence-electron chi connectivity index (χ3n) is 3.25. The molecule has 5 heteroatoms. The maximum atomic E-state index is 9.06. The molecule has 0 saturated carbocycles. The van der Waals surface area contributed by atoms with Gasteiger partial charge in [-0.15, -0.1) is 0 Å². The lowest BCUT2D eigenvalue weighted by Gasteiger charge is -2.01. The standard InChI is InChI=1S/C16H14BNO3/c19-17(20)14-8-6-12(7-9-14)10-16-18-11-15(21-16)13-4-2-1-3-5-13/h1-9,11,19-20H,10H2. The molecule has 3 aromatic rings. The van der Waals surface area contributed by atoms with Gasteiger partial charge in [-0.3, -0.25) is 0 Å². The Hall–Kier alpha value is -2.37. The summed E-state index contributed by atoms with van der Waals surface area (Å²) in [7, 11) is -1.44. The molecule has 2 N–H and O–H groups in total. The summed E-state index contributed by atoms with van der Waals surface area (Å²) in [4.78, 5) is 4.28. The van der Waals surface area contributed by atoms with Crippen LogP contribution >= 0.6 is 0 Å². The third-order valence-corrected chi connectivity index (χ3v) is 3.25. The monoisotopic (exact) mass is 279 g/mol. The summed E-state index contributed by atoms with van der Waals surface area (Å²) in [6.07, 6.45) is 2.28. The van der Waals surface area contributed by atoms with E-state index in [1.165, 1.54) is 0 Å².